The molecule has 0 saturated heterocycles. The lowest BCUT2D eigenvalue weighted by molar-refractivity contribution is 0.376. The summed E-state index contributed by atoms with van der Waals surface area (Å²) in [5.41, 5.74) is 5.40. The van der Waals surface area contributed by atoms with Crippen LogP contribution >= 0.6 is 12.2 Å². The molecule has 1 rings (SSSR count). The molecule has 1 aliphatic carbocycles. The smallest absolute Gasteiger partial charge is 0.163 e. The van der Waals surface area contributed by atoms with E-state index in [0.29, 0.717) is 5.11 Å². The van der Waals surface area contributed by atoms with Crippen LogP contribution in [0.3, 0.4) is 0 Å². The van der Waals surface area contributed by atoms with Crippen molar-refractivity contribution in [2.75, 3.05) is 6.54 Å². The summed E-state index contributed by atoms with van der Waals surface area (Å²) < 4.78 is 0. The van der Waals surface area contributed by atoms with E-state index in [9.17, 15) is 0 Å². The predicted molar refractivity (Wildman–Crippen MR) is 60.6 cm³/mol. The standard InChI is InChI=1S/C10H20N2S/c11-10(13)12-8-9-6-4-2-1-3-5-7-9/h9H,1-8H2,(H3,11,12,13). The highest BCUT2D eigenvalue weighted by atomic mass is 32.1. The van der Waals surface area contributed by atoms with Crippen molar-refractivity contribution < 1.29 is 0 Å². The quantitative estimate of drug-likeness (QED) is 0.671. The van der Waals surface area contributed by atoms with E-state index in [1.807, 2.05) is 0 Å². The Kier molecular flexibility index (Phi) is 5.13. The Morgan fingerprint density at radius 3 is 2.23 bits per heavy atom. The van der Waals surface area contributed by atoms with E-state index in [1.54, 1.807) is 0 Å². The van der Waals surface area contributed by atoms with Gasteiger partial charge in [0.15, 0.2) is 5.11 Å². The van der Waals surface area contributed by atoms with E-state index in [2.05, 4.69) is 5.32 Å². The van der Waals surface area contributed by atoms with Gasteiger partial charge >= 0.3 is 0 Å². The van der Waals surface area contributed by atoms with Gasteiger partial charge in [-0.2, -0.15) is 0 Å². The van der Waals surface area contributed by atoms with Crippen LogP contribution < -0.4 is 11.1 Å². The highest BCUT2D eigenvalue weighted by Gasteiger charge is 2.10. The van der Waals surface area contributed by atoms with Crippen LogP contribution in [0.15, 0.2) is 0 Å². The summed E-state index contributed by atoms with van der Waals surface area (Å²) in [7, 11) is 0. The highest BCUT2D eigenvalue weighted by molar-refractivity contribution is 7.80. The SMILES string of the molecule is NC(=S)NCC1CCCCCCC1. The second-order valence-electron chi connectivity index (χ2n) is 3.96. The Balaban J connectivity index is 2.17. The lowest BCUT2D eigenvalue weighted by Gasteiger charge is -2.19. The fraction of sp³-hybridized carbons (Fsp3) is 0.900. The lowest BCUT2D eigenvalue weighted by Crippen LogP contribution is -2.33. The van der Waals surface area contributed by atoms with Crippen molar-refractivity contribution in [2.45, 2.75) is 44.9 Å². The first-order valence-electron chi connectivity index (χ1n) is 5.32. The molecule has 1 saturated carbocycles. The summed E-state index contributed by atoms with van der Waals surface area (Å²) in [6.45, 7) is 0.981. The minimum absolute atomic E-state index is 0.446. The molecule has 3 N–H and O–H groups in total. The topological polar surface area (TPSA) is 38.0 Å². The van der Waals surface area contributed by atoms with Crippen LogP contribution in [0.1, 0.15) is 44.9 Å². The fourth-order valence-corrected chi connectivity index (χ4v) is 2.07. The number of nitrogens with two attached hydrogens (primary N) is 1. The normalized spacial score (nSPS) is 20.3. The number of thiocarbonyl (C=S) groups is 1. The van der Waals surface area contributed by atoms with Crippen LogP contribution in [0.25, 0.3) is 0 Å². The van der Waals surface area contributed by atoms with Crippen LogP contribution in [0.4, 0.5) is 0 Å². The molecule has 0 aromatic heterocycles. The van der Waals surface area contributed by atoms with Crippen molar-refractivity contribution in [3.63, 3.8) is 0 Å². The van der Waals surface area contributed by atoms with Gasteiger partial charge in [-0.05, 0) is 31.0 Å². The molecule has 1 fully saturated rings. The van der Waals surface area contributed by atoms with Crippen LogP contribution in [-0.4, -0.2) is 11.7 Å². The van der Waals surface area contributed by atoms with Gasteiger partial charge in [-0.3, -0.25) is 0 Å². The molecule has 0 amide bonds. The monoisotopic (exact) mass is 200 g/mol. The Labute approximate surface area is 86.3 Å². The summed E-state index contributed by atoms with van der Waals surface area (Å²) in [5, 5.41) is 3.52. The third-order valence-electron chi connectivity index (χ3n) is 2.79. The van der Waals surface area contributed by atoms with E-state index in [4.69, 9.17) is 18.0 Å². The maximum atomic E-state index is 5.40. The third-order valence-corrected chi connectivity index (χ3v) is 2.93. The Bertz CT molecular complexity index is 151. The molecule has 0 bridgehead atoms. The van der Waals surface area contributed by atoms with Gasteiger partial charge in [0.25, 0.3) is 0 Å². The van der Waals surface area contributed by atoms with Crippen molar-refractivity contribution in [1.29, 1.82) is 0 Å². The van der Waals surface area contributed by atoms with Crippen molar-refractivity contribution >= 4 is 17.3 Å². The summed E-state index contributed by atoms with van der Waals surface area (Å²) in [6.07, 6.45) is 9.68. The second kappa shape index (κ2) is 6.19. The Morgan fingerprint density at radius 1 is 1.15 bits per heavy atom. The first-order chi connectivity index (χ1) is 6.29. The molecule has 0 aromatic rings. The number of nitrogens with one attached hydrogen (secondary N) is 1. The van der Waals surface area contributed by atoms with Crippen LogP contribution in [0, 0.1) is 5.92 Å². The molecule has 2 nitrogen and oxygen atoms in total. The molecule has 0 heterocycles. The lowest BCUT2D eigenvalue weighted by atomic mass is 9.91. The molecule has 76 valence electrons. The van der Waals surface area contributed by atoms with Crippen molar-refractivity contribution in [3.8, 4) is 0 Å². The second-order valence-corrected chi connectivity index (χ2v) is 4.40. The van der Waals surface area contributed by atoms with Crippen LogP contribution in [0.2, 0.25) is 0 Å². The summed E-state index contributed by atoms with van der Waals surface area (Å²) >= 11 is 4.79. The molecule has 0 spiro atoms. The number of rotatable bonds is 2. The van der Waals surface area contributed by atoms with Gasteiger partial charge in [0.2, 0.25) is 0 Å². The summed E-state index contributed by atoms with van der Waals surface area (Å²) in [6, 6.07) is 0. The van der Waals surface area contributed by atoms with Gasteiger partial charge < -0.3 is 11.1 Å². The molecule has 1 aliphatic rings. The molecule has 0 aromatic carbocycles. The van der Waals surface area contributed by atoms with E-state index in [0.717, 1.165) is 12.5 Å². The molecular formula is C10H20N2S. The Morgan fingerprint density at radius 2 is 1.69 bits per heavy atom. The minimum Gasteiger partial charge on any atom is -0.376 e. The first kappa shape index (κ1) is 10.8. The van der Waals surface area contributed by atoms with Crippen LogP contribution in [-0.2, 0) is 0 Å². The van der Waals surface area contributed by atoms with E-state index >= 15 is 0 Å². The van der Waals surface area contributed by atoms with Crippen molar-refractivity contribution in [1.82, 2.24) is 5.32 Å². The number of hydrogen-bond donors (Lipinski definition) is 2. The van der Waals surface area contributed by atoms with Crippen molar-refractivity contribution in [2.24, 2.45) is 11.7 Å². The maximum Gasteiger partial charge on any atom is 0.163 e. The fourth-order valence-electron chi connectivity index (χ4n) is 1.99. The Hall–Kier alpha value is -0.310. The molecule has 3 heteroatoms. The minimum atomic E-state index is 0.446. The van der Waals surface area contributed by atoms with Crippen molar-refractivity contribution in [3.05, 3.63) is 0 Å². The highest BCUT2D eigenvalue weighted by Crippen LogP contribution is 2.21. The van der Waals surface area contributed by atoms with E-state index < -0.39 is 0 Å². The van der Waals surface area contributed by atoms with Gasteiger partial charge in [-0.1, -0.05) is 32.1 Å². The molecule has 0 unspecified atom stereocenters. The zero-order valence-electron chi connectivity index (χ0n) is 8.22. The molecule has 13 heavy (non-hydrogen) atoms. The van der Waals surface area contributed by atoms with Gasteiger partial charge in [0.1, 0.15) is 0 Å². The molecule has 0 aliphatic heterocycles. The van der Waals surface area contributed by atoms with Gasteiger partial charge in [0.05, 0.1) is 0 Å². The average molecular weight is 200 g/mol. The first-order valence-corrected chi connectivity index (χ1v) is 5.73. The third kappa shape index (κ3) is 5.09. The number of hydrogen-bond acceptors (Lipinski definition) is 1. The summed E-state index contributed by atoms with van der Waals surface area (Å²) in [5.74, 6) is 0.793. The summed E-state index contributed by atoms with van der Waals surface area (Å²) in [4.78, 5) is 0. The van der Waals surface area contributed by atoms with Crippen LogP contribution in [0.5, 0.6) is 0 Å². The van der Waals surface area contributed by atoms with E-state index in [1.165, 1.54) is 44.9 Å². The largest absolute Gasteiger partial charge is 0.376 e. The zero-order chi connectivity index (χ0) is 9.52. The van der Waals surface area contributed by atoms with Gasteiger partial charge in [-0.25, -0.2) is 0 Å². The molecular weight excluding hydrogens is 180 g/mol. The van der Waals surface area contributed by atoms with Gasteiger partial charge in [-0.15, -0.1) is 0 Å². The van der Waals surface area contributed by atoms with E-state index in [-0.39, 0.29) is 0 Å². The predicted octanol–water partition coefficient (Wildman–Crippen LogP) is 2.18. The molecule has 0 atom stereocenters. The zero-order valence-corrected chi connectivity index (χ0v) is 9.04. The average Bonchev–Trinajstić information content (AvgIpc) is 2.01. The molecule has 0 radical (unpaired) electrons. The van der Waals surface area contributed by atoms with Gasteiger partial charge in [0, 0.05) is 6.54 Å². The maximum absolute atomic E-state index is 5.40.